The number of hydrogen-bond acceptors (Lipinski definition) is 6. The quantitative estimate of drug-likeness (QED) is 0.578. The number of H-pyrrole nitrogens is 1. The number of aromatic amines is 1. The SMILES string of the molecule is Cc1cc2c(Sc3ncn[nH]3)nc(Cl)nc2s1. The minimum absolute atomic E-state index is 0.251. The number of nitrogens with zero attached hydrogens (tertiary/aromatic N) is 4. The van der Waals surface area contributed by atoms with Crippen molar-refractivity contribution in [1.29, 1.82) is 0 Å². The van der Waals surface area contributed by atoms with E-state index in [9.17, 15) is 0 Å². The van der Waals surface area contributed by atoms with Crippen LogP contribution in [0.2, 0.25) is 5.28 Å². The second-order valence-electron chi connectivity index (χ2n) is 3.27. The third-order valence-corrected chi connectivity index (χ3v) is 4.05. The lowest BCUT2D eigenvalue weighted by molar-refractivity contribution is 0.968. The fourth-order valence-electron chi connectivity index (χ4n) is 1.40. The molecule has 0 saturated carbocycles. The number of aryl methyl sites for hydroxylation is 1. The average Bonchev–Trinajstić information content (AvgIpc) is 2.86. The number of fused-ring (bicyclic) bond motifs is 1. The number of halogens is 1. The van der Waals surface area contributed by atoms with Gasteiger partial charge in [0, 0.05) is 10.3 Å². The molecule has 0 bridgehead atoms. The Balaban J connectivity index is 2.14. The Labute approximate surface area is 110 Å². The molecule has 8 heteroatoms. The molecule has 17 heavy (non-hydrogen) atoms. The highest BCUT2D eigenvalue weighted by molar-refractivity contribution is 7.99. The van der Waals surface area contributed by atoms with E-state index in [1.54, 1.807) is 11.3 Å². The molecule has 0 aromatic carbocycles. The Morgan fingerprint density at radius 3 is 3.06 bits per heavy atom. The molecular weight excluding hydrogens is 278 g/mol. The molecule has 0 radical (unpaired) electrons. The normalized spacial score (nSPS) is 11.2. The maximum atomic E-state index is 5.90. The van der Waals surface area contributed by atoms with Crippen molar-refractivity contribution < 1.29 is 0 Å². The molecule has 0 unspecified atom stereocenters. The van der Waals surface area contributed by atoms with E-state index in [-0.39, 0.29) is 5.28 Å². The summed E-state index contributed by atoms with van der Waals surface area (Å²) in [5.41, 5.74) is 0. The van der Waals surface area contributed by atoms with Gasteiger partial charge in [0.2, 0.25) is 5.28 Å². The zero-order chi connectivity index (χ0) is 11.8. The van der Waals surface area contributed by atoms with E-state index in [1.165, 1.54) is 23.0 Å². The fraction of sp³-hybridized carbons (Fsp3) is 0.111. The van der Waals surface area contributed by atoms with Gasteiger partial charge in [0.15, 0.2) is 5.16 Å². The van der Waals surface area contributed by atoms with Crippen LogP contribution in [0.4, 0.5) is 0 Å². The van der Waals surface area contributed by atoms with Crippen molar-refractivity contribution in [3.05, 3.63) is 22.6 Å². The number of nitrogens with one attached hydrogen (secondary N) is 1. The first-order valence-electron chi connectivity index (χ1n) is 4.69. The predicted molar refractivity (Wildman–Crippen MR) is 67.7 cm³/mol. The van der Waals surface area contributed by atoms with E-state index in [0.717, 1.165) is 15.2 Å². The highest BCUT2D eigenvalue weighted by Crippen LogP contribution is 2.34. The van der Waals surface area contributed by atoms with Crippen LogP contribution in [-0.4, -0.2) is 25.1 Å². The molecule has 0 saturated heterocycles. The Morgan fingerprint density at radius 2 is 2.29 bits per heavy atom. The fourth-order valence-corrected chi connectivity index (χ4v) is 3.40. The van der Waals surface area contributed by atoms with Crippen molar-refractivity contribution in [2.24, 2.45) is 0 Å². The highest BCUT2D eigenvalue weighted by atomic mass is 35.5. The molecule has 3 rings (SSSR count). The molecule has 0 amide bonds. The van der Waals surface area contributed by atoms with Crippen molar-refractivity contribution in [2.75, 3.05) is 0 Å². The lowest BCUT2D eigenvalue weighted by Gasteiger charge is -1.99. The molecule has 0 fully saturated rings. The lowest BCUT2D eigenvalue weighted by atomic mass is 10.4. The smallest absolute Gasteiger partial charge is 0.224 e. The summed E-state index contributed by atoms with van der Waals surface area (Å²) < 4.78 is 0. The van der Waals surface area contributed by atoms with Crippen molar-refractivity contribution in [3.63, 3.8) is 0 Å². The largest absolute Gasteiger partial charge is 0.254 e. The number of thiophene rings is 1. The summed E-state index contributed by atoms with van der Waals surface area (Å²) in [6.45, 7) is 2.03. The van der Waals surface area contributed by atoms with E-state index in [1.807, 2.05) is 6.92 Å². The van der Waals surface area contributed by atoms with Crippen LogP contribution in [0.5, 0.6) is 0 Å². The van der Waals surface area contributed by atoms with Crippen molar-refractivity contribution in [1.82, 2.24) is 25.1 Å². The highest BCUT2D eigenvalue weighted by Gasteiger charge is 2.12. The van der Waals surface area contributed by atoms with Crippen LogP contribution in [0, 0.1) is 6.92 Å². The summed E-state index contributed by atoms with van der Waals surface area (Å²) in [5.74, 6) is 0. The van der Waals surface area contributed by atoms with E-state index in [2.05, 4.69) is 31.2 Å². The van der Waals surface area contributed by atoms with Crippen LogP contribution in [0.15, 0.2) is 22.6 Å². The standard InChI is InChI=1S/C9H6ClN5S2/c1-4-2-5-6(16-4)13-8(10)14-7(5)17-9-11-3-12-15-9/h2-3H,1H3,(H,11,12,15). The van der Waals surface area contributed by atoms with Crippen molar-refractivity contribution in [3.8, 4) is 0 Å². The first-order chi connectivity index (χ1) is 8.22. The summed E-state index contributed by atoms with van der Waals surface area (Å²) in [6, 6.07) is 2.05. The third kappa shape index (κ3) is 2.13. The van der Waals surface area contributed by atoms with Gasteiger partial charge in [-0.2, -0.15) is 5.10 Å². The van der Waals surface area contributed by atoms with Gasteiger partial charge in [-0.3, -0.25) is 5.10 Å². The molecule has 3 heterocycles. The zero-order valence-electron chi connectivity index (χ0n) is 8.64. The molecule has 1 N–H and O–H groups in total. The lowest BCUT2D eigenvalue weighted by Crippen LogP contribution is -1.87. The first kappa shape index (κ1) is 10.9. The summed E-state index contributed by atoms with van der Waals surface area (Å²) in [6.07, 6.45) is 1.46. The molecule has 0 aliphatic carbocycles. The van der Waals surface area contributed by atoms with Gasteiger partial charge in [0.05, 0.1) is 0 Å². The van der Waals surface area contributed by atoms with Gasteiger partial charge in [-0.05, 0) is 36.4 Å². The summed E-state index contributed by atoms with van der Waals surface area (Å²) in [5, 5.41) is 9.30. The minimum atomic E-state index is 0.251. The Bertz CT molecular complexity index is 663. The van der Waals surface area contributed by atoms with Crippen LogP contribution in [-0.2, 0) is 0 Å². The van der Waals surface area contributed by atoms with Gasteiger partial charge in [0.25, 0.3) is 0 Å². The zero-order valence-corrected chi connectivity index (χ0v) is 11.0. The van der Waals surface area contributed by atoms with Gasteiger partial charge < -0.3 is 0 Å². The summed E-state index contributed by atoms with van der Waals surface area (Å²) in [4.78, 5) is 14.5. The van der Waals surface area contributed by atoms with Crippen LogP contribution in [0.3, 0.4) is 0 Å². The molecular formula is C9H6ClN5S2. The number of aromatic nitrogens is 5. The van der Waals surface area contributed by atoms with Crippen molar-refractivity contribution >= 4 is 44.9 Å². The molecule has 86 valence electrons. The van der Waals surface area contributed by atoms with Crippen molar-refractivity contribution in [2.45, 2.75) is 17.1 Å². The van der Waals surface area contributed by atoms with Crippen LogP contribution in [0.1, 0.15) is 4.88 Å². The summed E-state index contributed by atoms with van der Waals surface area (Å²) >= 11 is 8.89. The molecule has 0 spiro atoms. The van der Waals surface area contributed by atoms with Crippen LogP contribution in [0.25, 0.3) is 10.2 Å². The number of hydrogen-bond donors (Lipinski definition) is 1. The van der Waals surface area contributed by atoms with Gasteiger partial charge in [0.1, 0.15) is 16.2 Å². The Morgan fingerprint density at radius 1 is 1.41 bits per heavy atom. The molecule has 3 aromatic heterocycles. The van der Waals surface area contributed by atoms with Gasteiger partial charge >= 0.3 is 0 Å². The molecule has 0 aliphatic heterocycles. The van der Waals surface area contributed by atoms with E-state index in [4.69, 9.17) is 11.6 Å². The van der Waals surface area contributed by atoms with Gasteiger partial charge in [-0.25, -0.2) is 15.0 Å². The van der Waals surface area contributed by atoms with E-state index < -0.39 is 0 Å². The second kappa shape index (κ2) is 4.25. The van der Waals surface area contributed by atoms with Gasteiger partial charge in [-0.1, -0.05) is 0 Å². The van der Waals surface area contributed by atoms with E-state index >= 15 is 0 Å². The molecule has 0 atom stereocenters. The van der Waals surface area contributed by atoms with Crippen LogP contribution < -0.4 is 0 Å². The Kier molecular flexibility index (Phi) is 2.73. The van der Waals surface area contributed by atoms with Crippen LogP contribution >= 0.6 is 34.7 Å². The topological polar surface area (TPSA) is 67.3 Å². The third-order valence-electron chi connectivity index (χ3n) is 2.04. The first-order valence-corrected chi connectivity index (χ1v) is 6.70. The maximum absolute atomic E-state index is 5.90. The molecule has 0 aliphatic rings. The second-order valence-corrected chi connectivity index (χ2v) is 5.82. The van der Waals surface area contributed by atoms with Gasteiger partial charge in [-0.15, -0.1) is 11.3 Å². The predicted octanol–water partition coefficient (Wildman–Crippen LogP) is 2.92. The average molecular weight is 284 g/mol. The monoisotopic (exact) mass is 283 g/mol. The summed E-state index contributed by atoms with van der Waals surface area (Å²) in [7, 11) is 0. The maximum Gasteiger partial charge on any atom is 0.224 e. The van der Waals surface area contributed by atoms with E-state index in [0.29, 0.717) is 5.16 Å². The number of rotatable bonds is 2. The minimum Gasteiger partial charge on any atom is -0.254 e. The molecule has 3 aromatic rings. The molecule has 5 nitrogen and oxygen atoms in total. The Hall–Kier alpha value is -1.18.